The molecule has 0 spiro atoms. The van der Waals surface area contributed by atoms with Crippen molar-refractivity contribution in [1.29, 1.82) is 0 Å². The van der Waals surface area contributed by atoms with E-state index >= 15 is 0 Å². The van der Waals surface area contributed by atoms with Crippen molar-refractivity contribution in [3.05, 3.63) is 35.1 Å². The van der Waals surface area contributed by atoms with E-state index in [1.165, 1.54) is 6.07 Å². The van der Waals surface area contributed by atoms with Gasteiger partial charge in [-0.1, -0.05) is 6.07 Å². The molecule has 1 aliphatic heterocycles. The highest BCUT2D eigenvalue weighted by molar-refractivity contribution is 5.29. The molecule has 0 unspecified atom stereocenters. The van der Waals surface area contributed by atoms with Crippen LogP contribution in [0.2, 0.25) is 0 Å². The number of hydrogen-bond acceptors (Lipinski definition) is 3. The van der Waals surface area contributed by atoms with Gasteiger partial charge in [-0.05, 0) is 36.6 Å². The third kappa shape index (κ3) is 3.07. The maximum absolute atomic E-state index is 13.4. The first-order chi connectivity index (χ1) is 8.72. The van der Waals surface area contributed by atoms with E-state index in [2.05, 4.69) is 10.2 Å². The van der Waals surface area contributed by atoms with Gasteiger partial charge in [0.1, 0.15) is 5.82 Å². The number of nitrogens with one attached hydrogen (secondary N) is 1. The van der Waals surface area contributed by atoms with Crippen LogP contribution < -0.4 is 5.32 Å². The lowest BCUT2D eigenvalue weighted by Crippen LogP contribution is -2.45. The van der Waals surface area contributed by atoms with Crippen molar-refractivity contribution in [2.45, 2.75) is 19.4 Å². The maximum atomic E-state index is 13.4. The van der Waals surface area contributed by atoms with Gasteiger partial charge in [-0.25, -0.2) is 4.39 Å². The molecule has 2 rings (SSSR count). The molecule has 4 heteroatoms. The Morgan fingerprint density at radius 3 is 2.78 bits per heavy atom. The molecule has 1 saturated heterocycles. The van der Waals surface area contributed by atoms with Crippen LogP contribution in [-0.2, 0) is 0 Å². The molecule has 1 aromatic rings. The number of halogens is 1. The first kappa shape index (κ1) is 13.5. The summed E-state index contributed by atoms with van der Waals surface area (Å²) in [5.41, 5.74) is 2.10. The van der Waals surface area contributed by atoms with E-state index in [-0.39, 0.29) is 18.5 Å². The Hall–Kier alpha value is -0.970. The van der Waals surface area contributed by atoms with Crippen molar-refractivity contribution in [2.24, 2.45) is 0 Å². The summed E-state index contributed by atoms with van der Waals surface area (Å²) < 4.78 is 13.4. The molecule has 2 N–H and O–H groups in total. The van der Waals surface area contributed by atoms with Crippen LogP contribution in [0.25, 0.3) is 0 Å². The first-order valence-corrected chi connectivity index (χ1v) is 6.54. The molecule has 1 fully saturated rings. The average molecular weight is 252 g/mol. The predicted molar refractivity (Wildman–Crippen MR) is 70.0 cm³/mol. The third-order valence-corrected chi connectivity index (χ3v) is 3.60. The van der Waals surface area contributed by atoms with E-state index in [0.29, 0.717) is 6.42 Å². The molecule has 0 bridgehead atoms. The molecule has 0 radical (unpaired) electrons. The Morgan fingerprint density at radius 1 is 1.39 bits per heavy atom. The number of hydrogen-bond donors (Lipinski definition) is 2. The van der Waals surface area contributed by atoms with Crippen molar-refractivity contribution in [3.8, 4) is 0 Å². The zero-order chi connectivity index (χ0) is 13.0. The van der Waals surface area contributed by atoms with Crippen LogP contribution >= 0.6 is 0 Å². The number of aliphatic hydroxyl groups is 1. The molecule has 1 atom stereocenters. The summed E-state index contributed by atoms with van der Waals surface area (Å²) in [6.07, 6.45) is 0.657. The summed E-state index contributed by atoms with van der Waals surface area (Å²) in [6, 6.07) is 5.04. The summed E-state index contributed by atoms with van der Waals surface area (Å²) >= 11 is 0. The number of benzene rings is 1. The maximum Gasteiger partial charge on any atom is 0.123 e. The summed E-state index contributed by atoms with van der Waals surface area (Å²) in [5, 5.41) is 12.6. The van der Waals surface area contributed by atoms with Crippen molar-refractivity contribution < 1.29 is 9.50 Å². The fraction of sp³-hybridized carbons (Fsp3) is 0.571. The summed E-state index contributed by atoms with van der Waals surface area (Å²) in [5.74, 6) is -0.200. The smallest absolute Gasteiger partial charge is 0.123 e. The van der Waals surface area contributed by atoms with E-state index in [1.807, 2.05) is 13.0 Å². The third-order valence-electron chi connectivity index (χ3n) is 3.60. The minimum atomic E-state index is -0.200. The van der Waals surface area contributed by atoms with E-state index in [9.17, 15) is 9.50 Å². The fourth-order valence-corrected chi connectivity index (χ4v) is 2.62. The van der Waals surface area contributed by atoms with Gasteiger partial charge in [-0.3, -0.25) is 4.90 Å². The molecule has 1 aromatic carbocycles. The van der Waals surface area contributed by atoms with E-state index < -0.39 is 0 Å². The van der Waals surface area contributed by atoms with Crippen LogP contribution in [-0.4, -0.2) is 42.8 Å². The second-order valence-electron chi connectivity index (χ2n) is 4.81. The van der Waals surface area contributed by atoms with Crippen LogP contribution in [0.15, 0.2) is 18.2 Å². The topological polar surface area (TPSA) is 35.5 Å². The molecular formula is C14H21FN2O. The molecule has 1 aliphatic rings. The summed E-state index contributed by atoms with van der Waals surface area (Å²) in [6.45, 7) is 5.93. The molecular weight excluding hydrogens is 231 g/mol. The highest BCUT2D eigenvalue weighted by Gasteiger charge is 2.23. The van der Waals surface area contributed by atoms with E-state index in [4.69, 9.17) is 0 Å². The molecule has 18 heavy (non-hydrogen) atoms. The second-order valence-corrected chi connectivity index (χ2v) is 4.81. The Morgan fingerprint density at radius 2 is 2.11 bits per heavy atom. The zero-order valence-corrected chi connectivity index (χ0v) is 10.8. The lowest BCUT2D eigenvalue weighted by Gasteiger charge is -2.35. The Labute approximate surface area is 108 Å². The van der Waals surface area contributed by atoms with Gasteiger partial charge in [0.2, 0.25) is 0 Å². The van der Waals surface area contributed by atoms with Crippen LogP contribution in [0, 0.1) is 12.7 Å². The van der Waals surface area contributed by atoms with Gasteiger partial charge in [0.05, 0.1) is 0 Å². The van der Waals surface area contributed by atoms with Crippen molar-refractivity contribution in [2.75, 3.05) is 32.8 Å². The largest absolute Gasteiger partial charge is 0.396 e. The number of rotatable bonds is 4. The minimum absolute atomic E-state index is 0.118. The summed E-state index contributed by atoms with van der Waals surface area (Å²) in [4.78, 5) is 2.33. The first-order valence-electron chi connectivity index (χ1n) is 6.54. The average Bonchev–Trinajstić information content (AvgIpc) is 2.40. The summed E-state index contributed by atoms with van der Waals surface area (Å²) in [7, 11) is 0. The standard InChI is InChI=1S/C14H21FN2O/c1-11-2-3-12(15)10-13(11)14(4-9-18)17-7-5-16-6-8-17/h2-3,10,14,16,18H,4-9H2,1H3/t14-/m1/s1. The van der Waals surface area contributed by atoms with Gasteiger partial charge in [-0.15, -0.1) is 0 Å². The van der Waals surface area contributed by atoms with Crippen LogP contribution in [0.3, 0.4) is 0 Å². The van der Waals surface area contributed by atoms with E-state index in [1.54, 1.807) is 6.07 Å². The van der Waals surface area contributed by atoms with Crippen molar-refractivity contribution in [1.82, 2.24) is 10.2 Å². The molecule has 0 aliphatic carbocycles. The van der Waals surface area contributed by atoms with Gasteiger partial charge in [0.25, 0.3) is 0 Å². The van der Waals surface area contributed by atoms with Gasteiger partial charge in [-0.2, -0.15) is 0 Å². The number of piperazine rings is 1. The normalized spacial score (nSPS) is 18.8. The van der Waals surface area contributed by atoms with Crippen molar-refractivity contribution >= 4 is 0 Å². The van der Waals surface area contributed by atoms with Crippen molar-refractivity contribution in [3.63, 3.8) is 0 Å². The molecule has 3 nitrogen and oxygen atoms in total. The molecule has 0 amide bonds. The molecule has 1 heterocycles. The molecule has 100 valence electrons. The van der Waals surface area contributed by atoms with Crippen LogP contribution in [0.5, 0.6) is 0 Å². The minimum Gasteiger partial charge on any atom is -0.396 e. The lowest BCUT2D eigenvalue weighted by molar-refractivity contribution is 0.140. The fourth-order valence-electron chi connectivity index (χ4n) is 2.62. The number of nitrogens with zero attached hydrogens (tertiary/aromatic N) is 1. The van der Waals surface area contributed by atoms with Gasteiger partial charge < -0.3 is 10.4 Å². The van der Waals surface area contributed by atoms with Crippen LogP contribution in [0.4, 0.5) is 4.39 Å². The van der Waals surface area contributed by atoms with Gasteiger partial charge in [0.15, 0.2) is 0 Å². The highest BCUT2D eigenvalue weighted by Crippen LogP contribution is 2.27. The Kier molecular flexibility index (Phi) is 4.69. The zero-order valence-electron chi connectivity index (χ0n) is 10.8. The monoisotopic (exact) mass is 252 g/mol. The van der Waals surface area contributed by atoms with Crippen LogP contribution in [0.1, 0.15) is 23.6 Å². The quantitative estimate of drug-likeness (QED) is 0.851. The predicted octanol–water partition coefficient (Wildman–Crippen LogP) is 1.46. The molecule has 0 aromatic heterocycles. The van der Waals surface area contributed by atoms with Gasteiger partial charge in [0, 0.05) is 38.8 Å². The number of aliphatic hydroxyl groups excluding tert-OH is 1. The SMILES string of the molecule is Cc1ccc(F)cc1[C@@H](CCO)N1CCNCC1. The molecule has 0 saturated carbocycles. The Bertz CT molecular complexity index is 391. The lowest BCUT2D eigenvalue weighted by atomic mass is 9.97. The number of aryl methyl sites for hydroxylation is 1. The highest BCUT2D eigenvalue weighted by atomic mass is 19.1. The van der Waals surface area contributed by atoms with Gasteiger partial charge >= 0.3 is 0 Å². The van der Waals surface area contributed by atoms with E-state index in [0.717, 1.165) is 37.3 Å². The second kappa shape index (κ2) is 6.27. The Balaban J connectivity index is 2.24.